The maximum Gasteiger partial charge on any atom is 0.225 e. The molecule has 6 heteroatoms. The zero-order valence-electron chi connectivity index (χ0n) is 9.98. The summed E-state index contributed by atoms with van der Waals surface area (Å²) >= 11 is 7.45. The molecule has 1 aromatic carbocycles. The van der Waals surface area contributed by atoms with Gasteiger partial charge in [0.25, 0.3) is 0 Å². The number of nitrogen functional groups attached to an aromatic ring is 1. The van der Waals surface area contributed by atoms with Crippen LogP contribution in [0.3, 0.4) is 0 Å². The molecule has 2 rings (SSSR count). The molecular formula is C12H12ClN3OS. The lowest BCUT2D eigenvalue weighted by molar-refractivity contribution is 0.456. The summed E-state index contributed by atoms with van der Waals surface area (Å²) in [5, 5.41) is 1.09. The Labute approximate surface area is 115 Å². The van der Waals surface area contributed by atoms with Crippen LogP contribution < -0.4 is 10.5 Å². The number of aryl methyl sites for hydroxylation is 1. The van der Waals surface area contributed by atoms with E-state index in [4.69, 9.17) is 22.1 Å². The van der Waals surface area contributed by atoms with Crippen molar-refractivity contribution in [2.75, 3.05) is 12.0 Å². The topological polar surface area (TPSA) is 61.0 Å². The van der Waals surface area contributed by atoms with Crippen molar-refractivity contribution < 1.29 is 4.74 Å². The summed E-state index contributed by atoms with van der Waals surface area (Å²) in [6, 6.07) is 7.11. The smallest absolute Gasteiger partial charge is 0.225 e. The molecule has 0 fully saturated rings. The van der Waals surface area contributed by atoms with Crippen LogP contribution >= 0.6 is 23.4 Å². The molecule has 0 saturated heterocycles. The number of hydrogen-bond donors (Lipinski definition) is 1. The van der Waals surface area contributed by atoms with Crippen LogP contribution in [-0.4, -0.2) is 16.2 Å². The minimum atomic E-state index is 0.369. The molecule has 0 unspecified atom stereocenters. The molecule has 0 spiro atoms. The standard InChI is InChI=1S/C12H12ClN3OS/c1-7-3-4-8(13)9(5-7)17-11-6-10(14)15-12(16-11)18-2/h3-6H,1-2H3,(H2,14,15,16). The highest BCUT2D eigenvalue weighted by molar-refractivity contribution is 7.98. The summed E-state index contributed by atoms with van der Waals surface area (Å²) in [5.74, 6) is 1.31. The predicted octanol–water partition coefficient (Wildman–Crippen LogP) is 3.53. The third-order valence-corrected chi connectivity index (χ3v) is 3.05. The summed E-state index contributed by atoms with van der Waals surface area (Å²) in [5.41, 5.74) is 6.74. The summed E-state index contributed by atoms with van der Waals surface area (Å²) < 4.78 is 5.64. The van der Waals surface area contributed by atoms with Crippen molar-refractivity contribution in [3.63, 3.8) is 0 Å². The van der Waals surface area contributed by atoms with Crippen molar-refractivity contribution in [3.8, 4) is 11.6 Å². The van der Waals surface area contributed by atoms with Gasteiger partial charge in [-0.25, -0.2) is 4.98 Å². The molecular weight excluding hydrogens is 270 g/mol. The van der Waals surface area contributed by atoms with E-state index in [1.807, 2.05) is 25.3 Å². The fraction of sp³-hybridized carbons (Fsp3) is 0.167. The fourth-order valence-electron chi connectivity index (χ4n) is 1.37. The van der Waals surface area contributed by atoms with Crippen LogP contribution in [0.4, 0.5) is 5.82 Å². The summed E-state index contributed by atoms with van der Waals surface area (Å²) in [7, 11) is 0. The number of aromatic nitrogens is 2. The molecule has 0 bridgehead atoms. The molecule has 0 aliphatic rings. The first kappa shape index (κ1) is 13.0. The first-order valence-electron chi connectivity index (χ1n) is 5.21. The van der Waals surface area contributed by atoms with Gasteiger partial charge >= 0.3 is 0 Å². The lowest BCUT2D eigenvalue weighted by atomic mass is 10.2. The Hall–Kier alpha value is -1.46. The third-order valence-electron chi connectivity index (χ3n) is 2.19. The molecule has 0 aliphatic carbocycles. The van der Waals surface area contributed by atoms with Crippen LogP contribution in [0.15, 0.2) is 29.4 Å². The Balaban J connectivity index is 2.33. The van der Waals surface area contributed by atoms with Crippen LogP contribution in [0.5, 0.6) is 11.6 Å². The normalized spacial score (nSPS) is 10.4. The van der Waals surface area contributed by atoms with Crippen LogP contribution in [0.2, 0.25) is 5.02 Å². The fourth-order valence-corrected chi connectivity index (χ4v) is 1.90. The van der Waals surface area contributed by atoms with Crippen molar-refractivity contribution in [3.05, 3.63) is 34.9 Å². The number of nitrogens with zero attached hydrogens (tertiary/aromatic N) is 2. The molecule has 0 amide bonds. The SMILES string of the molecule is CSc1nc(N)cc(Oc2cc(C)ccc2Cl)n1. The van der Waals surface area contributed by atoms with E-state index in [0.29, 0.717) is 27.6 Å². The molecule has 2 N–H and O–H groups in total. The number of anilines is 1. The first-order valence-corrected chi connectivity index (χ1v) is 6.81. The van der Waals surface area contributed by atoms with Gasteiger partial charge in [0, 0.05) is 6.07 Å². The number of rotatable bonds is 3. The number of ether oxygens (including phenoxy) is 1. The Morgan fingerprint density at radius 2 is 2.06 bits per heavy atom. The minimum absolute atomic E-state index is 0.369. The highest BCUT2D eigenvalue weighted by Gasteiger charge is 2.07. The van der Waals surface area contributed by atoms with E-state index < -0.39 is 0 Å². The average Bonchev–Trinajstić information content (AvgIpc) is 2.33. The van der Waals surface area contributed by atoms with Gasteiger partial charge in [0.2, 0.25) is 5.88 Å². The van der Waals surface area contributed by atoms with Crippen LogP contribution in [0, 0.1) is 6.92 Å². The van der Waals surface area contributed by atoms with E-state index in [0.717, 1.165) is 5.56 Å². The van der Waals surface area contributed by atoms with Crippen molar-refractivity contribution in [1.29, 1.82) is 0 Å². The van der Waals surface area contributed by atoms with Crippen molar-refractivity contribution in [2.24, 2.45) is 0 Å². The van der Waals surface area contributed by atoms with E-state index in [1.165, 1.54) is 11.8 Å². The Morgan fingerprint density at radius 1 is 1.28 bits per heavy atom. The molecule has 0 saturated carbocycles. The molecule has 1 heterocycles. The number of halogens is 1. The van der Waals surface area contributed by atoms with Gasteiger partial charge in [0.1, 0.15) is 11.6 Å². The number of thioether (sulfide) groups is 1. The van der Waals surface area contributed by atoms with E-state index >= 15 is 0 Å². The summed E-state index contributed by atoms with van der Waals surface area (Å²) in [6.07, 6.45) is 1.87. The Kier molecular flexibility index (Phi) is 3.93. The molecule has 0 aliphatic heterocycles. The van der Waals surface area contributed by atoms with Gasteiger partial charge in [0.05, 0.1) is 5.02 Å². The second-order valence-electron chi connectivity index (χ2n) is 3.65. The maximum absolute atomic E-state index is 6.05. The van der Waals surface area contributed by atoms with Crippen molar-refractivity contribution in [1.82, 2.24) is 9.97 Å². The van der Waals surface area contributed by atoms with Gasteiger partial charge in [-0.15, -0.1) is 0 Å². The van der Waals surface area contributed by atoms with Gasteiger partial charge in [0.15, 0.2) is 5.16 Å². The highest BCUT2D eigenvalue weighted by Crippen LogP contribution is 2.30. The van der Waals surface area contributed by atoms with Crippen molar-refractivity contribution in [2.45, 2.75) is 12.1 Å². The molecule has 2 aromatic rings. The average molecular weight is 282 g/mol. The molecule has 18 heavy (non-hydrogen) atoms. The highest BCUT2D eigenvalue weighted by atomic mass is 35.5. The number of hydrogen-bond acceptors (Lipinski definition) is 5. The molecule has 1 aromatic heterocycles. The van der Waals surface area contributed by atoms with Crippen LogP contribution in [-0.2, 0) is 0 Å². The second-order valence-corrected chi connectivity index (χ2v) is 4.83. The maximum atomic E-state index is 6.05. The van der Waals surface area contributed by atoms with E-state index in [2.05, 4.69) is 9.97 Å². The van der Waals surface area contributed by atoms with Crippen LogP contribution in [0.1, 0.15) is 5.56 Å². The molecule has 0 radical (unpaired) electrons. The molecule has 0 atom stereocenters. The first-order chi connectivity index (χ1) is 8.58. The Morgan fingerprint density at radius 3 is 2.78 bits per heavy atom. The quantitative estimate of drug-likeness (QED) is 0.689. The summed E-state index contributed by atoms with van der Waals surface area (Å²) in [6.45, 7) is 1.96. The lowest BCUT2D eigenvalue weighted by Crippen LogP contribution is -1.97. The van der Waals surface area contributed by atoms with E-state index in [-0.39, 0.29) is 0 Å². The minimum Gasteiger partial charge on any atom is -0.437 e. The number of benzene rings is 1. The largest absolute Gasteiger partial charge is 0.437 e. The van der Waals surface area contributed by atoms with Gasteiger partial charge < -0.3 is 10.5 Å². The van der Waals surface area contributed by atoms with Gasteiger partial charge in [-0.1, -0.05) is 29.4 Å². The predicted molar refractivity (Wildman–Crippen MR) is 74.5 cm³/mol. The molecule has 4 nitrogen and oxygen atoms in total. The van der Waals surface area contributed by atoms with Gasteiger partial charge in [-0.05, 0) is 30.9 Å². The van der Waals surface area contributed by atoms with Gasteiger partial charge in [-0.3, -0.25) is 0 Å². The molecule has 94 valence electrons. The third kappa shape index (κ3) is 3.05. The zero-order chi connectivity index (χ0) is 13.1. The van der Waals surface area contributed by atoms with Crippen LogP contribution in [0.25, 0.3) is 0 Å². The number of nitrogens with two attached hydrogens (primary N) is 1. The van der Waals surface area contributed by atoms with Crippen molar-refractivity contribution >= 4 is 29.2 Å². The van der Waals surface area contributed by atoms with Gasteiger partial charge in [-0.2, -0.15) is 4.98 Å². The lowest BCUT2D eigenvalue weighted by Gasteiger charge is -2.08. The summed E-state index contributed by atoms with van der Waals surface area (Å²) in [4.78, 5) is 8.26. The second kappa shape index (κ2) is 5.46. The van der Waals surface area contributed by atoms with E-state index in [1.54, 1.807) is 12.1 Å². The zero-order valence-corrected chi connectivity index (χ0v) is 11.5. The monoisotopic (exact) mass is 281 g/mol. The Bertz CT molecular complexity index is 577. The van der Waals surface area contributed by atoms with E-state index in [9.17, 15) is 0 Å².